The highest BCUT2D eigenvalue weighted by atomic mass is 79.9. The van der Waals surface area contributed by atoms with E-state index in [1.165, 1.54) is 17.6 Å². The first-order valence-electron chi connectivity index (χ1n) is 3.59. The van der Waals surface area contributed by atoms with Gasteiger partial charge in [-0.2, -0.15) is 0 Å². The van der Waals surface area contributed by atoms with Crippen LogP contribution >= 0.6 is 27.3 Å². The molecule has 0 bridgehead atoms. The third-order valence-electron chi connectivity index (χ3n) is 1.57. The quantitative estimate of drug-likeness (QED) is 0.785. The van der Waals surface area contributed by atoms with Crippen molar-refractivity contribution in [1.29, 1.82) is 0 Å². The molecule has 0 N–H and O–H groups in total. The van der Waals surface area contributed by atoms with Crippen molar-refractivity contribution in [3.05, 3.63) is 44.7 Å². The molecule has 2 heterocycles. The van der Waals surface area contributed by atoms with Crippen molar-refractivity contribution in [2.24, 2.45) is 0 Å². The molecule has 0 aliphatic carbocycles. The van der Waals surface area contributed by atoms with Gasteiger partial charge in [-0.25, -0.2) is 4.79 Å². The minimum atomic E-state index is -0.300. The van der Waals surface area contributed by atoms with E-state index in [1.54, 1.807) is 6.07 Å². The van der Waals surface area contributed by atoms with Crippen LogP contribution in [0.1, 0.15) is 0 Å². The molecule has 2 aromatic heterocycles. The van der Waals surface area contributed by atoms with Crippen molar-refractivity contribution in [3.8, 4) is 10.4 Å². The molecule has 2 rings (SSSR count). The molecule has 0 spiro atoms. The minimum absolute atomic E-state index is 0.300. The fourth-order valence-corrected chi connectivity index (χ4v) is 2.06. The molecule has 2 nitrogen and oxygen atoms in total. The zero-order chi connectivity index (χ0) is 9.26. The van der Waals surface area contributed by atoms with Crippen LogP contribution < -0.4 is 5.63 Å². The average Bonchev–Trinajstić information content (AvgIpc) is 2.61. The van der Waals surface area contributed by atoms with Crippen LogP contribution in [-0.4, -0.2) is 0 Å². The fourth-order valence-electron chi connectivity index (χ4n) is 1.01. The molecule has 0 aliphatic heterocycles. The van der Waals surface area contributed by atoms with Crippen molar-refractivity contribution in [2.45, 2.75) is 0 Å². The number of rotatable bonds is 1. The van der Waals surface area contributed by atoms with Gasteiger partial charge in [0.25, 0.3) is 0 Å². The standard InChI is InChI=1S/C9H5BrO2S/c10-6-4-7(9(11)12-5-6)8-2-1-3-13-8/h1-5H. The van der Waals surface area contributed by atoms with Gasteiger partial charge in [0, 0.05) is 4.88 Å². The van der Waals surface area contributed by atoms with Crippen molar-refractivity contribution in [1.82, 2.24) is 0 Å². The van der Waals surface area contributed by atoms with Gasteiger partial charge in [-0.1, -0.05) is 6.07 Å². The maximum atomic E-state index is 11.3. The van der Waals surface area contributed by atoms with Gasteiger partial charge in [0.15, 0.2) is 0 Å². The summed E-state index contributed by atoms with van der Waals surface area (Å²) in [7, 11) is 0. The first kappa shape index (κ1) is 8.72. The average molecular weight is 257 g/mol. The van der Waals surface area contributed by atoms with E-state index in [0.717, 1.165) is 9.35 Å². The number of thiophene rings is 1. The highest BCUT2D eigenvalue weighted by Crippen LogP contribution is 2.23. The van der Waals surface area contributed by atoms with Crippen molar-refractivity contribution < 1.29 is 4.42 Å². The van der Waals surface area contributed by atoms with Crippen LogP contribution in [-0.2, 0) is 0 Å². The van der Waals surface area contributed by atoms with E-state index in [1.807, 2.05) is 17.5 Å². The summed E-state index contributed by atoms with van der Waals surface area (Å²) in [6, 6.07) is 5.56. The maximum Gasteiger partial charge on any atom is 0.344 e. The molecule has 0 saturated heterocycles. The summed E-state index contributed by atoms with van der Waals surface area (Å²) < 4.78 is 5.59. The smallest absolute Gasteiger partial charge is 0.344 e. The molecule has 2 aromatic rings. The molecule has 0 fully saturated rings. The fraction of sp³-hybridized carbons (Fsp3) is 0. The molecular formula is C9H5BrO2S. The predicted molar refractivity (Wildman–Crippen MR) is 56.0 cm³/mol. The molecule has 0 aliphatic rings. The van der Waals surface area contributed by atoms with Crippen LogP contribution in [0.15, 0.2) is 43.5 Å². The zero-order valence-corrected chi connectivity index (χ0v) is 8.89. The summed E-state index contributed by atoms with van der Waals surface area (Å²) in [5, 5.41) is 1.93. The van der Waals surface area contributed by atoms with Crippen LogP contribution in [0.2, 0.25) is 0 Å². The Morgan fingerprint density at radius 2 is 2.31 bits per heavy atom. The van der Waals surface area contributed by atoms with Gasteiger partial charge >= 0.3 is 5.63 Å². The number of hydrogen-bond donors (Lipinski definition) is 0. The van der Waals surface area contributed by atoms with E-state index in [2.05, 4.69) is 15.9 Å². The lowest BCUT2D eigenvalue weighted by atomic mass is 10.2. The highest BCUT2D eigenvalue weighted by molar-refractivity contribution is 9.10. The summed E-state index contributed by atoms with van der Waals surface area (Å²) in [4.78, 5) is 12.2. The Labute approximate surface area is 87.0 Å². The van der Waals surface area contributed by atoms with Gasteiger partial charge in [0.2, 0.25) is 0 Å². The van der Waals surface area contributed by atoms with Crippen molar-refractivity contribution in [2.75, 3.05) is 0 Å². The molecule has 0 saturated carbocycles. The molecule has 0 unspecified atom stereocenters. The minimum Gasteiger partial charge on any atom is -0.430 e. The SMILES string of the molecule is O=c1occ(Br)cc1-c1cccs1. The molecule has 0 amide bonds. The van der Waals surface area contributed by atoms with E-state index in [9.17, 15) is 4.79 Å². The molecule has 4 heteroatoms. The maximum absolute atomic E-state index is 11.3. The summed E-state index contributed by atoms with van der Waals surface area (Å²) >= 11 is 4.77. The summed E-state index contributed by atoms with van der Waals surface area (Å²) in [6.07, 6.45) is 1.39. The summed E-state index contributed by atoms with van der Waals surface area (Å²) in [5.74, 6) is 0. The van der Waals surface area contributed by atoms with Gasteiger partial charge in [0.1, 0.15) is 6.26 Å². The lowest BCUT2D eigenvalue weighted by molar-refractivity contribution is 0.510. The van der Waals surface area contributed by atoms with Crippen molar-refractivity contribution >= 4 is 27.3 Å². The van der Waals surface area contributed by atoms with E-state index >= 15 is 0 Å². The zero-order valence-electron chi connectivity index (χ0n) is 6.49. The first-order chi connectivity index (χ1) is 6.27. The van der Waals surface area contributed by atoms with E-state index < -0.39 is 0 Å². The van der Waals surface area contributed by atoms with Crippen molar-refractivity contribution in [3.63, 3.8) is 0 Å². The lowest BCUT2D eigenvalue weighted by Crippen LogP contribution is -2.00. The lowest BCUT2D eigenvalue weighted by Gasteiger charge is -1.94. The summed E-state index contributed by atoms with van der Waals surface area (Å²) in [6.45, 7) is 0. The van der Waals surface area contributed by atoms with E-state index in [0.29, 0.717) is 5.56 Å². The van der Waals surface area contributed by atoms with Crippen LogP contribution in [0.5, 0.6) is 0 Å². The molecule has 0 radical (unpaired) electrons. The van der Waals surface area contributed by atoms with E-state index in [-0.39, 0.29) is 5.63 Å². The topological polar surface area (TPSA) is 30.2 Å². The monoisotopic (exact) mass is 256 g/mol. The number of hydrogen-bond acceptors (Lipinski definition) is 3. The first-order valence-corrected chi connectivity index (χ1v) is 5.27. The predicted octanol–water partition coefficient (Wildman–Crippen LogP) is 3.13. The largest absolute Gasteiger partial charge is 0.430 e. The van der Waals surface area contributed by atoms with Gasteiger partial charge < -0.3 is 4.42 Å². The second-order valence-electron chi connectivity index (χ2n) is 2.44. The van der Waals surface area contributed by atoms with Crippen LogP contribution in [0.3, 0.4) is 0 Å². The Balaban J connectivity index is 2.64. The molecule has 13 heavy (non-hydrogen) atoms. The Bertz CT molecular complexity index is 459. The van der Waals surface area contributed by atoms with Crippen LogP contribution in [0.4, 0.5) is 0 Å². The van der Waals surface area contributed by atoms with Gasteiger partial charge in [-0.05, 0) is 33.4 Å². The molecule has 0 aromatic carbocycles. The highest BCUT2D eigenvalue weighted by Gasteiger charge is 2.05. The normalized spacial score (nSPS) is 10.2. The van der Waals surface area contributed by atoms with E-state index in [4.69, 9.17) is 4.42 Å². The summed E-state index contributed by atoms with van der Waals surface area (Å²) in [5.41, 5.74) is 0.301. The third-order valence-corrected chi connectivity index (χ3v) is 2.89. The molecular weight excluding hydrogens is 252 g/mol. The Morgan fingerprint density at radius 1 is 1.46 bits per heavy atom. The Hall–Kier alpha value is -0.870. The Morgan fingerprint density at radius 3 is 3.00 bits per heavy atom. The third kappa shape index (κ3) is 1.73. The molecule has 0 atom stereocenters. The van der Waals surface area contributed by atoms with Gasteiger partial charge in [-0.3, -0.25) is 0 Å². The van der Waals surface area contributed by atoms with Crippen LogP contribution in [0, 0.1) is 0 Å². The van der Waals surface area contributed by atoms with Gasteiger partial charge in [0.05, 0.1) is 10.0 Å². The number of halogens is 1. The van der Waals surface area contributed by atoms with Gasteiger partial charge in [-0.15, -0.1) is 11.3 Å². The Kier molecular flexibility index (Phi) is 2.33. The molecule has 66 valence electrons. The second-order valence-corrected chi connectivity index (χ2v) is 4.31. The van der Waals surface area contributed by atoms with Crippen LogP contribution in [0.25, 0.3) is 10.4 Å². The second kappa shape index (κ2) is 3.47.